The van der Waals surface area contributed by atoms with Crippen LogP contribution >= 0.6 is 11.6 Å². The van der Waals surface area contributed by atoms with Crippen LogP contribution in [-0.4, -0.2) is 12.2 Å². The van der Waals surface area contributed by atoms with Crippen LogP contribution in [0.5, 0.6) is 0 Å². The van der Waals surface area contributed by atoms with Crippen molar-refractivity contribution in [3.05, 3.63) is 0 Å². The number of hydrogen-bond donors (Lipinski definition) is 0. The Morgan fingerprint density at radius 1 is 0.958 bits per heavy atom. The van der Waals surface area contributed by atoms with E-state index in [1.807, 2.05) is 0 Å². The van der Waals surface area contributed by atoms with Crippen LogP contribution in [0.25, 0.3) is 0 Å². The quantitative estimate of drug-likeness (QED) is 0.370. The molecule has 0 aromatic carbocycles. The van der Waals surface area contributed by atoms with Crippen molar-refractivity contribution < 1.29 is 4.79 Å². The van der Waals surface area contributed by atoms with E-state index in [1.54, 1.807) is 0 Å². The van der Waals surface area contributed by atoms with Gasteiger partial charge in [-0.05, 0) is 62.2 Å². The van der Waals surface area contributed by atoms with E-state index < -0.39 is 0 Å². The van der Waals surface area contributed by atoms with E-state index in [0.717, 1.165) is 55.6 Å². The first kappa shape index (κ1) is 19.8. The molecule has 2 fully saturated rings. The van der Waals surface area contributed by atoms with Gasteiger partial charge in [0.2, 0.25) is 0 Å². The van der Waals surface area contributed by atoms with E-state index in [0.29, 0.717) is 5.92 Å². The Bertz CT molecular complexity index is 389. The molecule has 3 heteroatoms. The van der Waals surface area contributed by atoms with Crippen molar-refractivity contribution in [2.24, 2.45) is 29.6 Å². The smallest absolute Gasteiger partial charge is 0.120 e. The molecule has 0 spiro atoms. The lowest BCUT2D eigenvalue weighted by Gasteiger charge is -2.34. The lowest BCUT2D eigenvalue weighted by Crippen LogP contribution is -2.24. The number of alkyl halides is 1. The number of halogens is 1. The highest BCUT2D eigenvalue weighted by Crippen LogP contribution is 2.40. The zero-order chi connectivity index (χ0) is 17.2. The predicted molar refractivity (Wildman–Crippen MR) is 99.9 cm³/mol. The van der Waals surface area contributed by atoms with Crippen LogP contribution in [0.2, 0.25) is 0 Å². The van der Waals surface area contributed by atoms with Gasteiger partial charge in [-0.1, -0.05) is 38.5 Å². The topological polar surface area (TPSA) is 40.9 Å². The van der Waals surface area contributed by atoms with Crippen molar-refractivity contribution in [1.29, 1.82) is 5.26 Å². The van der Waals surface area contributed by atoms with Gasteiger partial charge in [-0.15, -0.1) is 11.6 Å². The molecule has 2 rings (SSSR count). The Kier molecular flexibility index (Phi) is 9.18. The Labute approximate surface area is 153 Å². The van der Waals surface area contributed by atoms with E-state index in [2.05, 4.69) is 6.07 Å². The highest BCUT2D eigenvalue weighted by atomic mass is 35.5. The number of nitriles is 1. The third kappa shape index (κ3) is 6.40. The standard InChI is InChI=1S/C21H34ClNO/c22-13-1-3-17-9-11-20(12-10-17)21(16-23)15-19-7-5-18(6-8-19)4-2-14-24/h14,17-21H,1-13,15H2. The van der Waals surface area contributed by atoms with Crippen LogP contribution in [0.4, 0.5) is 0 Å². The summed E-state index contributed by atoms with van der Waals surface area (Å²) in [5, 5.41) is 9.68. The summed E-state index contributed by atoms with van der Waals surface area (Å²) in [7, 11) is 0. The first-order chi connectivity index (χ1) is 11.8. The second-order valence-corrected chi connectivity index (χ2v) is 8.59. The molecule has 2 saturated carbocycles. The highest BCUT2D eigenvalue weighted by Gasteiger charge is 2.30. The largest absolute Gasteiger partial charge is 0.303 e. The minimum atomic E-state index is 0.274. The number of rotatable bonds is 9. The van der Waals surface area contributed by atoms with Gasteiger partial charge in [0, 0.05) is 18.2 Å². The zero-order valence-corrected chi connectivity index (χ0v) is 15.9. The minimum Gasteiger partial charge on any atom is -0.303 e. The SMILES string of the molecule is N#CC(CC1CCC(CCC=O)CC1)C1CCC(CCCCl)CC1. The Morgan fingerprint density at radius 3 is 2.12 bits per heavy atom. The monoisotopic (exact) mass is 351 g/mol. The van der Waals surface area contributed by atoms with Gasteiger partial charge in [-0.2, -0.15) is 5.26 Å². The first-order valence-corrected chi connectivity index (χ1v) is 10.7. The summed E-state index contributed by atoms with van der Waals surface area (Å²) in [5.74, 6) is 4.05. The third-order valence-electron chi connectivity index (χ3n) is 6.62. The van der Waals surface area contributed by atoms with Gasteiger partial charge in [-0.3, -0.25) is 0 Å². The summed E-state index contributed by atoms with van der Waals surface area (Å²) < 4.78 is 0. The van der Waals surface area contributed by atoms with Gasteiger partial charge < -0.3 is 4.79 Å². The second kappa shape index (κ2) is 11.1. The molecule has 0 N–H and O–H groups in total. The molecular weight excluding hydrogens is 318 g/mol. The molecule has 1 atom stereocenters. The lowest BCUT2D eigenvalue weighted by molar-refractivity contribution is -0.108. The van der Waals surface area contributed by atoms with Crippen LogP contribution in [0, 0.1) is 40.9 Å². The number of hydrogen-bond acceptors (Lipinski definition) is 2. The Balaban J connectivity index is 1.70. The summed E-state index contributed by atoms with van der Waals surface area (Å²) in [6.07, 6.45) is 16.6. The molecule has 1 unspecified atom stereocenters. The van der Waals surface area contributed by atoms with Crippen LogP contribution in [0.1, 0.15) is 83.5 Å². The fourth-order valence-electron chi connectivity index (χ4n) is 5.01. The molecule has 2 aliphatic rings. The summed E-state index contributed by atoms with van der Waals surface area (Å²) in [5.41, 5.74) is 0. The van der Waals surface area contributed by atoms with E-state index in [-0.39, 0.29) is 5.92 Å². The molecule has 0 radical (unpaired) electrons. The molecule has 0 amide bonds. The summed E-state index contributed by atoms with van der Waals surface area (Å²) >= 11 is 5.81. The fraction of sp³-hybridized carbons (Fsp3) is 0.905. The maximum atomic E-state index is 10.5. The average Bonchev–Trinajstić information content (AvgIpc) is 2.64. The summed E-state index contributed by atoms with van der Waals surface area (Å²) in [4.78, 5) is 10.5. The normalized spacial score (nSPS) is 32.0. The number of carbonyl (C=O) groups is 1. The van der Waals surface area contributed by atoms with Gasteiger partial charge in [0.05, 0.1) is 6.07 Å². The van der Waals surface area contributed by atoms with Crippen LogP contribution < -0.4 is 0 Å². The van der Waals surface area contributed by atoms with Crippen LogP contribution in [0.3, 0.4) is 0 Å². The number of carbonyl (C=O) groups excluding carboxylic acids is 1. The van der Waals surface area contributed by atoms with Crippen molar-refractivity contribution in [2.45, 2.75) is 83.5 Å². The molecule has 0 aliphatic heterocycles. The van der Waals surface area contributed by atoms with E-state index >= 15 is 0 Å². The molecule has 0 aromatic rings. The Morgan fingerprint density at radius 2 is 1.54 bits per heavy atom. The summed E-state index contributed by atoms with van der Waals surface area (Å²) in [6, 6.07) is 2.66. The minimum absolute atomic E-state index is 0.274. The molecule has 0 aromatic heterocycles. The van der Waals surface area contributed by atoms with Crippen molar-refractivity contribution in [1.82, 2.24) is 0 Å². The first-order valence-electron chi connectivity index (χ1n) is 10.2. The van der Waals surface area contributed by atoms with Crippen molar-refractivity contribution in [3.8, 4) is 6.07 Å². The molecule has 2 aliphatic carbocycles. The van der Waals surface area contributed by atoms with Gasteiger partial charge in [-0.25, -0.2) is 0 Å². The third-order valence-corrected chi connectivity index (χ3v) is 6.89. The molecule has 0 saturated heterocycles. The van der Waals surface area contributed by atoms with Crippen molar-refractivity contribution in [2.75, 3.05) is 5.88 Å². The maximum Gasteiger partial charge on any atom is 0.120 e. The van der Waals surface area contributed by atoms with E-state index in [1.165, 1.54) is 57.8 Å². The molecule has 0 bridgehead atoms. The maximum absolute atomic E-state index is 10.5. The molecule has 136 valence electrons. The number of aldehydes is 1. The van der Waals surface area contributed by atoms with Gasteiger partial charge in [0.15, 0.2) is 0 Å². The molecule has 24 heavy (non-hydrogen) atoms. The van der Waals surface area contributed by atoms with E-state index in [9.17, 15) is 10.1 Å². The molecule has 2 nitrogen and oxygen atoms in total. The van der Waals surface area contributed by atoms with Crippen LogP contribution in [0.15, 0.2) is 0 Å². The van der Waals surface area contributed by atoms with Gasteiger partial charge >= 0.3 is 0 Å². The summed E-state index contributed by atoms with van der Waals surface area (Å²) in [6.45, 7) is 0. The van der Waals surface area contributed by atoms with Gasteiger partial charge in [0.25, 0.3) is 0 Å². The van der Waals surface area contributed by atoms with Crippen molar-refractivity contribution >= 4 is 17.9 Å². The van der Waals surface area contributed by atoms with Gasteiger partial charge in [0.1, 0.15) is 6.29 Å². The zero-order valence-electron chi connectivity index (χ0n) is 15.1. The highest BCUT2D eigenvalue weighted by molar-refractivity contribution is 6.17. The van der Waals surface area contributed by atoms with Crippen molar-refractivity contribution in [3.63, 3.8) is 0 Å². The molecular formula is C21H34ClNO. The van der Waals surface area contributed by atoms with E-state index in [4.69, 9.17) is 11.6 Å². The fourth-order valence-corrected chi connectivity index (χ4v) is 5.17. The predicted octanol–water partition coefficient (Wildman–Crippen LogP) is 6.13. The Hall–Kier alpha value is -0.550. The number of nitrogens with zero attached hydrogens (tertiary/aromatic N) is 1. The second-order valence-electron chi connectivity index (χ2n) is 8.21. The lowest BCUT2D eigenvalue weighted by atomic mass is 9.70. The average molecular weight is 352 g/mol. The van der Waals surface area contributed by atoms with Crippen LogP contribution in [-0.2, 0) is 4.79 Å². The molecule has 0 heterocycles.